The summed E-state index contributed by atoms with van der Waals surface area (Å²) in [5.41, 5.74) is 2.59. The van der Waals surface area contributed by atoms with Crippen LogP contribution in [-0.4, -0.2) is 43.9 Å². The number of carbonyl (C=O) groups excluding carboxylic acids is 2. The summed E-state index contributed by atoms with van der Waals surface area (Å²) in [6.07, 6.45) is 8.39. The Morgan fingerprint density at radius 2 is 1.72 bits per heavy atom. The Hall–Kier alpha value is -4.80. The maximum Gasteiger partial charge on any atom is 0.251 e. The molecule has 10 nitrogen and oxygen atoms in total. The first-order valence-corrected chi connectivity index (χ1v) is 14.6. The van der Waals surface area contributed by atoms with Crippen LogP contribution in [0, 0.1) is 0 Å². The number of aromatic amines is 1. The van der Waals surface area contributed by atoms with Crippen LogP contribution in [0.2, 0.25) is 0 Å². The second-order valence-electron chi connectivity index (χ2n) is 10.5. The fraction of sp³-hybridized carbons (Fsp3) is 0.273. The topological polar surface area (TPSA) is 129 Å². The van der Waals surface area contributed by atoms with Gasteiger partial charge in [0.25, 0.3) is 5.91 Å². The van der Waals surface area contributed by atoms with E-state index in [1.165, 1.54) is 0 Å². The molecule has 5 N–H and O–H groups in total. The van der Waals surface area contributed by atoms with Gasteiger partial charge in [0, 0.05) is 50.5 Å². The van der Waals surface area contributed by atoms with Gasteiger partial charge in [0.15, 0.2) is 0 Å². The highest BCUT2D eigenvalue weighted by Crippen LogP contribution is 2.18. The molecule has 2 amide bonds. The molecule has 0 saturated carbocycles. The third-order valence-electron chi connectivity index (χ3n) is 7.40. The van der Waals surface area contributed by atoms with Gasteiger partial charge in [-0.25, -0.2) is 9.97 Å². The van der Waals surface area contributed by atoms with Crippen molar-refractivity contribution in [1.82, 2.24) is 40.8 Å². The van der Waals surface area contributed by atoms with Crippen LogP contribution < -0.4 is 21.3 Å². The zero-order valence-electron chi connectivity index (χ0n) is 24.3. The molecule has 222 valence electrons. The van der Waals surface area contributed by atoms with E-state index in [9.17, 15) is 9.59 Å². The SMILES string of the molecule is Cn1ccnc1CNCc1ccc(C(=O)N[C@@H](CCCNCc2ncc[nH]2)C(=O)NCc2cccc3ccccc23)cc1. The average molecular weight is 579 g/mol. The number of amides is 2. The Morgan fingerprint density at radius 1 is 0.884 bits per heavy atom. The first kappa shape index (κ1) is 29.7. The highest BCUT2D eigenvalue weighted by Gasteiger charge is 2.21. The van der Waals surface area contributed by atoms with E-state index in [4.69, 9.17) is 0 Å². The van der Waals surface area contributed by atoms with Crippen LogP contribution in [0.4, 0.5) is 0 Å². The molecule has 0 radical (unpaired) electrons. The van der Waals surface area contributed by atoms with Crippen LogP contribution in [0.5, 0.6) is 0 Å². The summed E-state index contributed by atoms with van der Waals surface area (Å²) in [5, 5.41) is 15.0. The molecular formula is C33H38N8O2. The number of aryl methyl sites for hydroxylation is 1. The van der Waals surface area contributed by atoms with Crippen molar-refractivity contribution in [2.24, 2.45) is 7.05 Å². The summed E-state index contributed by atoms with van der Waals surface area (Å²) in [7, 11) is 1.96. The van der Waals surface area contributed by atoms with Crippen molar-refractivity contribution in [2.45, 2.75) is 45.1 Å². The van der Waals surface area contributed by atoms with Gasteiger partial charge in [-0.15, -0.1) is 0 Å². The molecule has 0 bridgehead atoms. The summed E-state index contributed by atoms with van der Waals surface area (Å²) < 4.78 is 1.98. The van der Waals surface area contributed by atoms with Gasteiger partial charge < -0.3 is 30.8 Å². The Morgan fingerprint density at radius 3 is 2.51 bits per heavy atom. The van der Waals surface area contributed by atoms with E-state index in [-0.39, 0.29) is 11.8 Å². The lowest BCUT2D eigenvalue weighted by Gasteiger charge is -2.19. The lowest BCUT2D eigenvalue weighted by molar-refractivity contribution is -0.123. The van der Waals surface area contributed by atoms with E-state index in [1.54, 1.807) is 30.7 Å². The van der Waals surface area contributed by atoms with E-state index < -0.39 is 6.04 Å². The molecule has 5 aromatic rings. The molecule has 0 spiro atoms. The molecule has 0 saturated heterocycles. The lowest BCUT2D eigenvalue weighted by Crippen LogP contribution is -2.46. The average Bonchev–Trinajstić information content (AvgIpc) is 3.71. The Labute approximate surface area is 251 Å². The lowest BCUT2D eigenvalue weighted by atomic mass is 10.0. The third-order valence-corrected chi connectivity index (χ3v) is 7.40. The van der Waals surface area contributed by atoms with Crippen LogP contribution in [0.3, 0.4) is 0 Å². The molecule has 43 heavy (non-hydrogen) atoms. The smallest absolute Gasteiger partial charge is 0.251 e. The highest BCUT2D eigenvalue weighted by atomic mass is 16.2. The molecule has 0 aliphatic carbocycles. The van der Waals surface area contributed by atoms with Gasteiger partial charge in [-0.3, -0.25) is 9.59 Å². The molecule has 0 aliphatic rings. The molecule has 0 fully saturated rings. The number of nitrogens with zero attached hydrogens (tertiary/aromatic N) is 3. The fourth-order valence-electron chi connectivity index (χ4n) is 4.95. The number of H-pyrrole nitrogens is 1. The summed E-state index contributed by atoms with van der Waals surface area (Å²) in [6, 6.07) is 20.9. The van der Waals surface area contributed by atoms with E-state index >= 15 is 0 Å². The quantitative estimate of drug-likeness (QED) is 0.121. The largest absolute Gasteiger partial charge is 0.350 e. The predicted molar refractivity (Wildman–Crippen MR) is 167 cm³/mol. The maximum atomic E-state index is 13.4. The predicted octanol–water partition coefficient (Wildman–Crippen LogP) is 3.57. The number of benzene rings is 3. The van der Waals surface area contributed by atoms with Crippen LogP contribution in [0.15, 0.2) is 91.5 Å². The minimum atomic E-state index is -0.674. The Kier molecular flexibility index (Phi) is 10.3. The fourth-order valence-corrected chi connectivity index (χ4v) is 4.95. The minimum Gasteiger partial charge on any atom is -0.350 e. The zero-order valence-corrected chi connectivity index (χ0v) is 24.3. The molecular weight excluding hydrogens is 540 g/mol. The molecule has 0 unspecified atom stereocenters. The van der Waals surface area contributed by atoms with Gasteiger partial charge in [0.2, 0.25) is 5.91 Å². The normalized spacial score (nSPS) is 11.8. The van der Waals surface area contributed by atoms with Crippen LogP contribution in [0.25, 0.3) is 10.8 Å². The van der Waals surface area contributed by atoms with E-state index in [1.807, 2.05) is 54.2 Å². The molecule has 2 aromatic heterocycles. The molecule has 2 heterocycles. The van der Waals surface area contributed by atoms with Crippen molar-refractivity contribution >= 4 is 22.6 Å². The van der Waals surface area contributed by atoms with E-state index in [0.29, 0.717) is 51.1 Å². The molecule has 10 heteroatoms. The van der Waals surface area contributed by atoms with Crippen LogP contribution >= 0.6 is 0 Å². The van der Waals surface area contributed by atoms with Crippen molar-refractivity contribution < 1.29 is 9.59 Å². The van der Waals surface area contributed by atoms with Crippen molar-refractivity contribution in [3.05, 3.63) is 120 Å². The summed E-state index contributed by atoms with van der Waals surface area (Å²) in [4.78, 5) is 38.2. The number of carbonyl (C=O) groups is 2. The van der Waals surface area contributed by atoms with Crippen LogP contribution in [0.1, 0.15) is 46.0 Å². The number of rotatable bonds is 15. The first-order valence-electron chi connectivity index (χ1n) is 14.6. The van der Waals surface area contributed by atoms with E-state index in [0.717, 1.165) is 33.5 Å². The second-order valence-corrected chi connectivity index (χ2v) is 10.5. The Balaban J connectivity index is 1.17. The van der Waals surface area contributed by atoms with Gasteiger partial charge in [-0.1, -0.05) is 54.6 Å². The second kappa shape index (κ2) is 14.9. The van der Waals surface area contributed by atoms with Crippen molar-refractivity contribution in [3.63, 3.8) is 0 Å². The standard InChI is InChI=1S/C33H38N8O2/c1-41-19-18-38-31(41)23-35-20-24-11-13-26(14-12-24)32(42)40-29(10-5-15-34-22-30-36-16-17-37-30)33(43)39-21-27-8-4-7-25-6-2-3-9-28(25)27/h2-4,6-9,11-14,16-19,29,34-35H,5,10,15,20-23H2,1H3,(H,36,37)(H,39,43)(H,40,42)/t29-/m0/s1. The van der Waals surface area contributed by atoms with Gasteiger partial charge in [0.1, 0.15) is 17.7 Å². The first-order chi connectivity index (χ1) is 21.1. The molecule has 0 aliphatic heterocycles. The zero-order chi connectivity index (χ0) is 29.9. The van der Waals surface area contributed by atoms with Gasteiger partial charge >= 0.3 is 0 Å². The minimum absolute atomic E-state index is 0.206. The summed E-state index contributed by atoms with van der Waals surface area (Å²) in [6.45, 7) is 2.98. The Bertz CT molecular complexity index is 1610. The monoisotopic (exact) mass is 578 g/mol. The number of hydrogen-bond acceptors (Lipinski definition) is 6. The number of imidazole rings is 2. The number of nitrogens with one attached hydrogen (secondary N) is 5. The van der Waals surface area contributed by atoms with Crippen molar-refractivity contribution in [1.29, 1.82) is 0 Å². The van der Waals surface area contributed by atoms with E-state index in [2.05, 4.69) is 54.4 Å². The van der Waals surface area contributed by atoms with Crippen molar-refractivity contribution in [3.8, 4) is 0 Å². The number of hydrogen-bond donors (Lipinski definition) is 5. The molecule has 5 rings (SSSR count). The van der Waals surface area contributed by atoms with Gasteiger partial charge in [0.05, 0.1) is 13.1 Å². The van der Waals surface area contributed by atoms with Crippen molar-refractivity contribution in [2.75, 3.05) is 6.54 Å². The van der Waals surface area contributed by atoms with Gasteiger partial charge in [-0.2, -0.15) is 0 Å². The summed E-state index contributed by atoms with van der Waals surface area (Å²) in [5.74, 6) is 1.33. The third kappa shape index (κ3) is 8.37. The van der Waals surface area contributed by atoms with Gasteiger partial charge in [-0.05, 0) is 53.4 Å². The highest BCUT2D eigenvalue weighted by molar-refractivity contribution is 5.97. The summed E-state index contributed by atoms with van der Waals surface area (Å²) >= 11 is 0. The maximum absolute atomic E-state index is 13.4. The molecule has 3 aromatic carbocycles. The number of aromatic nitrogens is 4. The van der Waals surface area contributed by atoms with Crippen LogP contribution in [-0.2, 0) is 38.0 Å². The molecule has 1 atom stereocenters. The number of fused-ring (bicyclic) bond motifs is 1.